The highest BCUT2D eigenvalue weighted by atomic mass is 14.8. The minimum absolute atomic E-state index is 0.874. The number of hydrogen-bond acceptors (Lipinski definition) is 6. The Morgan fingerprint density at radius 3 is 1.34 bits per heavy atom. The minimum atomic E-state index is 0.874. The van der Waals surface area contributed by atoms with Crippen LogP contribution < -0.4 is 0 Å². The molecule has 7 rings (SSSR count). The van der Waals surface area contributed by atoms with Crippen molar-refractivity contribution in [1.29, 1.82) is 0 Å². The van der Waals surface area contributed by atoms with Crippen molar-refractivity contribution in [2.75, 3.05) is 0 Å². The van der Waals surface area contributed by atoms with Crippen LogP contribution in [0, 0.1) is 0 Å². The van der Waals surface area contributed by atoms with Crippen molar-refractivity contribution in [3.05, 3.63) is 122 Å². The molecule has 0 saturated heterocycles. The molecule has 178 valence electrons. The Labute approximate surface area is 218 Å². The number of benzene rings is 3. The van der Waals surface area contributed by atoms with E-state index in [4.69, 9.17) is 0 Å². The SMILES string of the molecule is c1cc(-c2ccc3ncnc(-c4cccnc4)c3c2)cc(-c2ccc3ncnc(-c4cccnc4)c3c2)c1. The van der Waals surface area contributed by atoms with Crippen LogP contribution in [0.3, 0.4) is 0 Å². The number of hydrogen-bond donors (Lipinski definition) is 0. The standard InChI is InChI=1S/C32H20N6/c1-4-21(23-8-10-29-27(15-23)31(37-19-35-29)25-6-2-12-33-17-25)14-22(5-1)24-9-11-30-28(16-24)32(38-20-36-30)26-7-3-13-34-18-26/h1-20H. The lowest BCUT2D eigenvalue weighted by Gasteiger charge is -2.11. The van der Waals surface area contributed by atoms with Gasteiger partial charge in [0.15, 0.2) is 0 Å². The van der Waals surface area contributed by atoms with E-state index in [0.717, 1.165) is 66.6 Å². The molecule has 0 bridgehead atoms. The second-order valence-corrected chi connectivity index (χ2v) is 8.97. The summed E-state index contributed by atoms with van der Waals surface area (Å²) in [5.41, 5.74) is 9.90. The van der Waals surface area contributed by atoms with Gasteiger partial charge in [-0.25, -0.2) is 19.9 Å². The van der Waals surface area contributed by atoms with Gasteiger partial charge >= 0.3 is 0 Å². The van der Waals surface area contributed by atoms with Gasteiger partial charge in [-0.3, -0.25) is 9.97 Å². The molecule has 0 amide bonds. The zero-order valence-electron chi connectivity index (χ0n) is 20.2. The molecule has 0 aliphatic heterocycles. The Hall–Kier alpha value is -5.36. The predicted molar refractivity (Wildman–Crippen MR) is 150 cm³/mol. The molecule has 0 aliphatic rings. The highest BCUT2D eigenvalue weighted by Crippen LogP contribution is 2.33. The van der Waals surface area contributed by atoms with Gasteiger partial charge in [0.25, 0.3) is 0 Å². The van der Waals surface area contributed by atoms with E-state index in [1.807, 2.05) is 48.8 Å². The first-order chi connectivity index (χ1) is 18.8. The highest BCUT2D eigenvalue weighted by molar-refractivity contribution is 5.96. The second-order valence-electron chi connectivity index (χ2n) is 8.97. The lowest BCUT2D eigenvalue weighted by atomic mass is 9.96. The fraction of sp³-hybridized carbons (Fsp3) is 0. The third-order valence-electron chi connectivity index (χ3n) is 6.67. The quantitative estimate of drug-likeness (QED) is 0.265. The van der Waals surface area contributed by atoms with Gasteiger partial charge in [-0.2, -0.15) is 0 Å². The molecule has 7 aromatic rings. The van der Waals surface area contributed by atoms with Gasteiger partial charge in [0, 0.05) is 46.7 Å². The van der Waals surface area contributed by atoms with Crippen molar-refractivity contribution in [2.24, 2.45) is 0 Å². The first kappa shape index (κ1) is 21.9. The summed E-state index contributed by atoms with van der Waals surface area (Å²) in [6.07, 6.45) is 10.4. The van der Waals surface area contributed by atoms with Gasteiger partial charge in [0.2, 0.25) is 0 Å². The van der Waals surface area contributed by atoms with Crippen molar-refractivity contribution in [3.63, 3.8) is 0 Å². The van der Waals surface area contributed by atoms with Gasteiger partial charge in [-0.1, -0.05) is 30.3 Å². The molecule has 6 nitrogen and oxygen atoms in total. The van der Waals surface area contributed by atoms with Crippen LogP contribution in [0.15, 0.2) is 122 Å². The number of rotatable bonds is 4. The molecule has 0 aliphatic carbocycles. The maximum atomic E-state index is 4.57. The first-order valence-corrected chi connectivity index (χ1v) is 12.2. The zero-order chi connectivity index (χ0) is 25.3. The summed E-state index contributed by atoms with van der Waals surface area (Å²) in [5.74, 6) is 0. The molecule has 0 spiro atoms. The topological polar surface area (TPSA) is 77.3 Å². The summed E-state index contributed by atoms with van der Waals surface area (Å²) >= 11 is 0. The Kier molecular flexibility index (Phi) is 5.33. The number of pyridine rings is 2. The minimum Gasteiger partial charge on any atom is -0.264 e. The van der Waals surface area contributed by atoms with Gasteiger partial charge in [0.1, 0.15) is 12.7 Å². The Balaban J connectivity index is 1.33. The maximum absolute atomic E-state index is 4.57. The van der Waals surface area contributed by atoms with Gasteiger partial charge < -0.3 is 0 Å². The van der Waals surface area contributed by atoms with E-state index in [9.17, 15) is 0 Å². The van der Waals surface area contributed by atoms with Gasteiger partial charge in [-0.05, 0) is 76.9 Å². The average molecular weight is 489 g/mol. The third-order valence-corrected chi connectivity index (χ3v) is 6.67. The Morgan fingerprint density at radius 2 is 0.868 bits per heavy atom. The van der Waals surface area contributed by atoms with Gasteiger partial charge in [-0.15, -0.1) is 0 Å². The summed E-state index contributed by atoms with van der Waals surface area (Å²) in [7, 11) is 0. The molecule has 0 N–H and O–H groups in total. The monoisotopic (exact) mass is 488 g/mol. The summed E-state index contributed by atoms with van der Waals surface area (Å²) in [5, 5.41) is 1.99. The maximum Gasteiger partial charge on any atom is 0.116 e. The number of aromatic nitrogens is 6. The summed E-state index contributed by atoms with van der Waals surface area (Å²) < 4.78 is 0. The molecular weight excluding hydrogens is 468 g/mol. The molecule has 0 fully saturated rings. The first-order valence-electron chi connectivity index (χ1n) is 12.2. The van der Waals surface area contributed by atoms with Crippen LogP contribution in [0.25, 0.3) is 66.6 Å². The molecule has 6 heteroatoms. The highest BCUT2D eigenvalue weighted by Gasteiger charge is 2.11. The van der Waals surface area contributed by atoms with Crippen LogP contribution in [0.4, 0.5) is 0 Å². The normalized spacial score (nSPS) is 11.2. The largest absolute Gasteiger partial charge is 0.264 e. The van der Waals surface area contributed by atoms with Crippen LogP contribution in [0.2, 0.25) is 0 Å². The van der Waals surface area contributed by atoms with Crippen molar-refractivity contribution >= 4 is 21.8 Å². The fourth-order valence-electron chi connectivity index (χ4n) is 4.82. The molecule has 0 saturated carbocycles. The summed E-state index contributed by atoms with van der Waals surface area (Å²) in [6.45, 7) is 0. The molecule has 4 aromatic heterocycles. The van der Waals surface area contributed by atoms with E-state index in [2.05, 4.69) is 78.4 Å². The van der Waals surface area contributed by atoms with Gasteiger partial charge in [0.05, 0.1) is 22.4 Å². The summed E-state index contributed by atoms with van der Waals surface area (Å²) in [4.78, 5) is 26.6. The van der Waals surface area contributed by atoms with Crippen molar-refractivity contribution in [1.82, 2.24) is 29.9 Å². The molecule has 0 radical (unpaired) electrons. The lowest BCUT2D eigenvalue weighted by molar-refractivity contribution is 1.21. The Bertz CT molecular complexity index is 1780. The Morgan fingerprint density at radius 1 is 0.395 bits per heavy atom. The molecule has 0 atom stereocenters. The molecule has 0 unspecified atom stereocenters. The van der Waals surface area contributed by atoms with E-state index in [0.29, 0.717) is 0 Å². The molecular formula is C32H20N6. The molecule has 38 heavy (non-hydrogen) atoms. The molecule has 4 heterocycles. The van der Waals surface area contributed by atoms with Crippen LogP contribution in [0.5, 0.6) is 0 Å². The van der Waals surface area contributed by atoms with Crippen molar-refractivity contribution in [2.45, 2.75) is 0 Å². The smallest absolute Gasteiger partial charge is 0.116 e. The van der Waals surface area contributed by atoms with Crippen LogP contribution in [-0.4, -0.2) is 29.9 Å². The van der Waals surface area contributed by atoms with E-state index in [1.54, 1.807) is 25.0 Å². The number of fused-ring (bicyclic) bond motifs is 2. The average Bonchev–Trinajstić information content (AvgIpc) is 3.01. The van der Waals surface area contributed by atoms with E-state index < -0.39 is 0 Å². The lowest BCUT2D eigenvalue weighted by Crippen LogP contribution is -1.91. The second kappa shape index (κ2) is 9.26. The van der Waals surface area contributed by atoms with E-state index in [-0.39, 0.29) is 0 Å². The van der Waals surface area contributed by atoms with Crippen molar-refractivity contribution in [3.8, 4) is 44.8 Å². The van der Waals surface area contributed by atoms with Crippen molar-refractivity contribution < 1.29 is 0 Å². The third kappa shape index (κ3) is 3.94. The zero-order valence-corrected chi connectivity index (χ0v) is 20.2. The van der Waals surface area contributed by atoms with Crippen LogP contribution in [0.1, 0.15) is 0 Å². The fourth-order valence-corrected chi connectivity index (χ4v) is 4.82. The van der Waals surface area contributed by atoms with Crippen LogP contribution >= 0.6 is 0 Å². The summed E-state index contributed by atoms with van der Waals surface area (Å²) in [6, 6.07) is 29.1. The van der Waals surface area contributed by atoms with E-state index in [1.165, 1.54) is 0 Å². The van der Waals surface area contributed by atoms with Crippen LogP contribution in [-0.2, 0) is 0 Å². The number of nitrogens with zero attached hydrogens (tertiary/aromatic N) is 6. The molecule has 3 aromatic carbocycles. The predicted octanol–water partition coefficient (Wildman–Crippen LogP) is 7.03. The van der Waals surface area contributed by atoms with E-state index >= 15 is 0 Å².